The van der Waals surface area contributed by atoms with Crippen LogP contribution in [0.15, 0.2) is 22.7 Å². The number of likely N-dealkylation sites (tertiary alicyclic amines) is 1. The first kappa shape index (κ1) is 16.1. The zero-order chi connectivity index (χ0) is 14.5. The van der Waals surface area contributed by atoms with Gasteiger partial charge in [0.05, 0.1) is 4.47 Å². The van der Waals surface area contributed by atoms with Gasteiger partial charge in [0.25, 0.3) is 0 Å². The fourth-order valence-corrected chi connectivity index (χ4v) is 3.66. The molecule has 1 heterocycles. The molecule has 0 saturated carbocycles. The zero-order valence-corrected chi connectivity index (χ0v) is 14.2. The lowest BCUT2D eigenvalue weighted by molar-refractivity contribution is 0.0894. The highest BCUT2D eigenvalue weighted by molar-refractivity contribution is 9.10. The van der Waals surface area contributed by atoms with Crippen LogP contribution in [0.4, 0.5) is 0 Å². The predicted molar refractivity (Wildman–Crippen MR) is 87.5 cm³/mol. The Labute approximate surface area is 134 Å². The van der Waals surface area contributed by atoms with Crippen LogP contribution >= 0.6 is 27.5 Å². The van der Waals surface area contributed by atoms with Crippen LogP contribution in [-0.4, -0.2) is 37.2 Å². The number of hydrogen-bond donors (Lipinski definition) is 1. The highest BCUT2D eigenvalue weighted by Gasteiger charge is 2.26. The second-order valence-corrected chi connectivity index (χ2v) is 6.67. The number of nitrogens with two attached hydrogens (primary N) is 1. The van der Waals surface area contributed by atoms with Crippen molar-refractivity contribution in [1.29, 1.82) is 0 Å². The summed E-state index contributed by atoms with van der Waals surface area (Å²) in [5.41, 5.74) is 5.90. The van der Waals surface area contributed by atoms with Gasteiger partial charge in [-0.1, -0.05) is 18.5 Å². The minimum Gasteiger partial charge on any atom is -0.491 e. The summed E-state index contributed by atoms with van der Waals surface area (Å²) in [7, 11) is 0. The van der Waals surface area contributed by atoms with Gasteiger partial charge in [-0.3, -0.25) is 4.90 Å². The number of nitrogens with zero attached hydrogens (tertiary/aromatic N) is 1. The van der Waals surface area contributed by atoms with Gasteiger partial charge in [-0.15, -0.1) is 0 Å². The summed E-state index contributed by atoms with van der Waals surface area (Å²) >= 11 is 9.38. The van der Waals surface area contributed by atoms with Crippen molar-refractivity contribution in [3.05, 3.63) is 27.7 Å². The van der Waals surface area contributed by atoms with Crippen LogP contribution in [0.5, 0.6) is 5.75 Å². The number of benzene rings is 1. The van der Waals surface area contributed by atoms with Crippen molar-refractivity contribution >= 4 is 27.5 Å². The van der Waals surface area contributed by atoms with Gasteiger partial charge in [0.2, 0.25) is 0 Å². The Morgan fingerprint density at radius 2 is 2.30 bits per heavy atom. The van der Waals surface area contributed by atoms with Gasteiger partial charge in [-0.05, 0) is 59.4 Å². The highest BCUT2D eigenvalue weighted by Crippen LogP contribution is 2.28. The summed E-state index contributed by atoms with van der Waals surface area (Å²) in [5.74, 6) is 1.51. The molecule has 1 aromatic carbocycles. The van der Waals surface area contributed by atoms with E-state index in [1.807, 2.05) is 18.2 Å². The van der Waals surface area contributed by atoms with E-state index in [4.69, 9.17) is 22.1 Å². The molecule has 2 atom stereocenters. The maximum absolute atomic E-state index is 5.92. The molecule has 2 rings (SSSR count). The van der Waals surface area contributed by atoms with E-state index in [2.05, 4.69) is 27.8 Å². The normalized spacial score (nSPS) is 23.8. The Morgan fingerprint density at radius 3 is 3.00 bits per heavy atom. The van der Waals surface area contributed by atoms with Crippen molar-refractivity contribution in [1.82, 2.24) is 4.90 Å². The summed E-state index contributed by atoms with van der Waals surface area (Å²) in [6.07, 6.45) is 2.53. The van der Waals surface area contributed by atoms with Gasteiger partial charge in [-0.25, -0.2) is 0 Å². The maximum atomic E-state index is 5.92. The summed E-state index contributed by atoms with van der Waals surface area (Å²) in [6, 6.07) is 6.07. The summed E-state index contributed by atoms with van der Waals surface area (Å²) < 4.78 is 6.73. The minimum atomic E-state index is 0.487. The molecule has 0 aromatic heterocycles. The molecule has 1 aromatic rings. The summed E-state index contributed by atoms with van der Waals surface area (Å²) in [5, 5.41) is 0.706. The topological polar surface area (TPSA) is 38.5 Å². The van der Waals surface area contributed by atoms with Crippen molar-refractivity contribution in [2.45, 2.75) is 25.8 Å². The van der Waals surface area contributed by atoms with Gasteiger partial charge < -0.3 is 10.5 Å². The predicted octanol–water partition coefficient (Wildman–Crippen LogP) is 3.54. The molecule has 1 aliphatic rings. The van der Waals surface area contributed by atoms with E-state index in [-0.39, 0.29) is 0 Å². The van der Waals surface area contributed by atoms with E-state index in [0.717, 1.165) is 29.9 Å². The van der Waals surface area contributed by atoms with Crippen molar-refractivity contribution in [2.24, 2.45) is 11.7 Å². The number of halogens is 2. The van der Waals surface area contributed by atoms with Gasteiger partial charge >= 0.3 is 0 Å². The van der Waals surface area contributed by atoms with E-state index < -0.39 is 0 Å². The van der Waals surface area contributed by atoms with Crippen LogP contribution in [0, 0.1) is 5.92 Å². The third-order valence-corrected chi connectivity index (χ3v) is 4.86. The lowest BCUT2D eigenvalue weighted by atomic mass is 9.91. The van der Waals surface area contributed by atoms with Crippen molar-refractivity contribution in [3.8, 4) is 5.75 Å². The molecule has 1 saturated heterocycles. The molecular weight excluding hydrogens is 340 g/mol. The lowest BCUT2D eigenvalue weighted by Crippen LogP contribution is -2.49. The molecule has 0 aliphatic carbocycles. The molecule has 112 valence electrons. The molecule has 3 nitrogen and oxygen atoms in total. The Morgan fingerprint density at radius 1 is 1.50 bits per heavy atom. The maximum Gasteiger partial charge on any atom is 0.133 e. The number of rotatable bonds is 5. The van der Waals surface area contributed by atoms with Crippen LogP contribution in [0.1, 0.15) is 19.8 Å². The first-order chi connectivity index (χ1) is 9.61. The van der Waals surface area contributed by atoms with E-state index in [9.17, 15) is 0 Å². The molecule has 0 amide bonds. The molecule has 0 spiro atoms. The van der Waals surface area contributed by atoms with E-state index >= 15 is 0 Å². The first-order valence-electron chi connectivity index (χ1n) is 7.13. The van der Waals surface area contributed by atoms with Crippen molar-refractivity contribution < 1.29 is 4.74 Å². The first-order valence-corrected chi connectivity index (χ1v) is 8.31. The zero-order valence-electron chi connectivity index (χ0n) is 11.8. The average molecular weight is 362 g/mol. The second-order valence-electron chi connectivity index (χ2n) is 5.38. The van der Waals surface area contributed by atoms with E-state index in [0.29, 0.717) is 23.6 Å². The van der Waals surface area contributed by atoms with Crippen LogP contribution < -0.4 is 10.5 Å². The third kappa shape index (κ3) is 4.10. The van der Waals surface area contributed by atoms with Gasteiger partial charge in [-0.2, -0.15) is 0 Å². The monoisotopic (exact) mass is 360 g/mol. The van der Waals surface area contributed by atoms with Gasteiger partial charge in [0.1, 0.15) is 12.4 Å². The smallest absolute Gasteiger partial charge is 0.133 e. The Balaban J connectivity index is 1.85. The molecule has 2 unspecified atom stereocenters. The number of piperidine rings is 1. The minimum absolute atomic E-state index is 0.487. The SMILES string of the molecule is CC1CCCN(CCOc2ccc(Cl)cc2Br)C1CN. The molecule has 0 bridgehead atoms. The Kier molecular flexibility index (Phi) is 6.15. The Hall–Kier alpha value is -0.290. The molecule has 5 heteroatoms. The number of hydrogen-bond acceptors (Lipinski definition) is 3. The standard InChI is InChI=1S/C15H22BrClN2O/c1-11-3-2-6-19(14(11)10-18)7-8-20-15-5-4-12(17)9-13(15)16/h4-5,9,11,14H,2-3,6-8,10,18H2,1H3. The quantitative estimate of drug-likeness (QED) is 0.872. The summed E-state index contributed by atoms with van der Waals surface area (Å²) in [6.45, 7) is 5.73. The van der Waals surface area contributed by atoms with Gasteiger partial charge in [0.15, 0.2) is 0 Å². The summed E-state index contributed by atoms with van der Waals surface area (Å²) in [4.78, 5) is 2.46. The number of ether oxygens (including phenoxy) is 1. The Bertz CT molecular complexity index is 444. The molecule has 1 fully saturated rings. The molecule has 2 N–H and O–H groups in total. The second kappa shape index (κ2) is 7.64. The van der Waals surface area contributed by atoms with E-state index in [1.54, 1.807) is 0 Å². The molecule has 1 aliphatic heterocycles. The third-order valence-electron chi connectivity index (χ3n) is 4.00. The lowest BCUT2D eigenvalue weighted by Gasteiger charge is -2.39. The average Bonchev–Trinajstić information content (AvgIpc) is 2.41. The van der Waals surface area contributed by atoms with Crippen molar-refractivity contribution in [3.63, 3.8) is 0 Å². The van der Waals surface area contributed by atoms with Crippen molar-refractivity contribution in [2.75, 3.05) is 26.2 Å². The van der Waals surface area contributed by atoms with E-state index in [1.165, 1.54) is 12.8 Å². The fourth-order valence-electron chi connectivity index (χ4n) is 2.86. The molecule has 0 radical (unpaired) electrons. The largest absolute Gasteiger partial charge is 0.491 e. The molecular formula is C15H22BrClN2O. The highest BCUT2D eigenvalue weighted by atomic mass is 79.9. The molecule has 20 heavy (non-hydrogen) atoms. The van der Waals surface area contributed by atoms with Gasteiger partial charge in [0, 0.05) is 24.2 Å². The van der Waals surface area contributed by atoms with Crippen LogP contribution in [0.25, 0.3) is 0 Å². The van der Waals surface area contributed by atoms with Crippen LogP contribution in [0.2, 0.25) is 5.02 Å². The van der Waals surface area contributed by atoms with Crippen LogP contribution in [-0.2, 0) is 0 Å². The van der Waals surface area contributed by atoms with Crippen LogP contribution in [0.3, 0.4) is 0 Å². The fraction of sp³-hybridized carbons (Fsp3) is 0.600.